The van der Waals surface area contributed by atoms with Crippen LogP contribution in [0.1, 0.15) is 38.1 Å². The number of rotatable bonds is 5. The number of aromatic nitrogens is 1. The molecule has 1 aromatic heterocycles. The number of aryl methyl sites for hydroxylation is 2. The zero-order valence-corrected chi connectivity index (χ0v) is 12.3. The Balaban J connectivity index is 2.78. The number of nitrogens with one attached hydrogen (secondary N) is 2. The molecule has 0 bridgehead atoms. The second-order valence-electron chi connectivity index (χ2n) is 5.05. The fourth-order valence-corrected chi connectivity index (χ4v) is 1.95. The minimum absolute atomic E-state index is 0.362. The van der Waals surface area contributed by atoms with E-state index < -0.39 is 17.5 Å². The molecule has 110 valence electrons. The van der Waals surface area contributed by atoms with Crippen molar-refractivity contribution in [3.63, 3.8) is 0 Å². The predicted octanol–water partition coefficient (Wildman–Crippen LogP) is 2.46. The molecule has 0 fully saturated rings. The fourth-order valence-electron chi connectivity index (χ4n) is 1.95. The van der Waals surface area contributed by atoms with Gasteiger partial charge in [0.1, 0.15) is 5.54 Å². The molecule has 6 nitrogen and oxygen atoms in total. The zero-order valence-electron chi connectivity index (χ0n) is 12.3. The number of carbonyl (C=O) groups is 2. The maximum absolute atomic E-state index is 11.9. The van der Waals surface area contributed by atoms with Gasteiger partial charge in [0, 0.05) is 5.69 Å². The third-order valence-corrected chi connectivity index (χ3v) is 3.08. The molecule has 1 heterocycles. The summed E-state index contributed by atoms with van der Waals surface area (Å²) < 4.78 is 0. The van der Waals surface area contributed by atoms with Gasteiger partial charge in [-0.1, -0.05) is 13.3 Å². The molecule has 0 aromatic carbocycles. The van der Waals surface area contributed by atoms with Gasteiger partial charge in [-0.3, -0.25) is 4.98 Å². The average molecular weight is 279 g/mol. The van der Waals surface area contributed by atoms with E-state index in [4.69, 9.17) is 0 Å². The van der Waals surface area contributed by atoms with E-state index >= 15 is 0 Å². The van der Waals surface area contributed by atoms with E-state index in [2.05, 4.69) is 15.6 Å². The lowest BCUT2D eigenvalue weighted by Gasteiger charge is -2.26. The van der Waals surface area contributed by atoms with Gasteiger partial charge in [0.25, 0.3) is 0 Å². The molecule has 1 rings (SSSR count). The second-order valence-corrected chi connectivity index (χ2v) is 5.05. The van der Waals surface area contributed by atoms with Gasteiger partial charge in [-0.05, 0) is 39.3 Å². The molecule has 0 spiro atoms. The molecule has 1 atom stereocenters. The normalized spacial score (nSPS) is 13.4. The van der Waals surface area contributed by atoms with Crippen molar-refractivity contribution in [2.75, 3.05) is 5.32 Å². The first-order valence-corrected chi connectivity index (χ1v) is 6.55. The molecule has 0 saturated heterocycles. The number of nitrogens with zero attached hydrogens (tertiary/aromatic N) is 1. The van der Waals surface area contributed by atoms with Crippen LogP contribution in [0.3, 0.4) is 0 Å². The van der Waals surface area contributed by atoms with E-state index in [1.54, 1.807) is 19.1 Å². The molecule has 3 N–H and O–H groups in total. The summed E-state index contributed by atoms with van der Waals surface area (Å²) in [5.41, 5.74) is 0.838. The lowest BCUT2D eigenvalue weighted by atomic mass is 9.97. The first-order valence-electron chi connectivity index (χ1n) is 6.55. The lowest BCUT2D eigenvalue weighted by Crippen LogP contribution is -2.53. The van der Waals surface area contributed by atoms with Gasteiger partial charge in [0.15, 0.2) is 0 Å². The molecule has 0 saturated carbocycles. The third kappa shape index (κ3) is 3.94. The van der Waals surface area contributed by atoms with Crippen molar-refractivity contribution in [2.24, 2.45) is 0 Å². The number of hydrogen-bond acceptors (Lipinski definition) is 3. The average Bonchev–Trinajstić information content (AvgIpc) is 2.32. The van der Waals surface area contributed by atoms with E-state index in [1.807, 2.05) is 13.8 Å². The number of hydrogen-bond donors (Lipinski definition) is 3. The van der Waals surface area contributed by atoms with Crippen molar-refractivity contribution in [1.82, 2.24) is 10.3 Å². The Morgan fingerprint density at radius 2 is 2.00 bits per heavy atom. The Labute approximate surface area is 118 Å². The van der Waals surface area contributed by atoms with Crippen LogP contribution >= 0.6 is 0 Å². The summed E-state index contributed by atoms with van der Waals surface area (Å²) in [7, 11) is 0. The van der Waals surface area contributed by atoms with E-state index in [9.17, 15) is 14.7 Å². The molecule has 2 amide bonds. The number of carboxylic acid groups (broad SMARTS) is 1. The van der Waals surface area contributed by atoms with Gasteiger partial charge in [-0.2, -0.15) is 0 Å². The summed E-state index contributed by atoms with van der Waals surface area (Å²) >= 11 is 0. The Kier molecular flexibility index (Phi) is 5.07. The Morgan fingerprint density at radius 3 is 2.50 bits per heavy atom. The van der Waals surface area contributed by atoms with Crippen LogP contribution in [0.2, 0.25) is 0 Å². The lowest BCUT2D eigenvalue weighted by molar-refractivity contribution is -0.143. The summed E-state index contributed by atoms with van der Waals surface area (Å²) in [6, 6.07) is 2.98. The zero-order chi connectivity index (χ0) is 15.3. The van der Waals surface area contributed by atoms with E-state index in [-0.39, 0.29) is 0 Å². The van der Waals surface area contributed by atoms with Crippen molar-refractivity contribution in [1.29, 1.82) is 0 Å². The second kappa shape index (κ2) is 6.36. The number of urea groups is 1. The Bertz CT molecular complexity index is 516. The van der Waals surface area contributed by atoms with Gasteiger partial charge >= 0.3 is 12.0 Å². The number of amides is 2. The van der Waals surface area contributed by atoms with Crippen LogP contribution < -0.4 is 10.6 Å². The molecule has 1 unspecified atom stereocenters. The summed E-state index contributed by atoms with van der Waals surface area (Å²) in [5, 5.41) is 14.4. The van der Waals surface area contributed by atoms with Crippen LogP contribution in [-0.4, -0.2) is 27.6 Å². The van der Waals surface area contributed by atoms with Crippen molar-refractivity contribution >= 4 is 17.7 Å². The number of anilines is 1. The minimum Gasteiger partial charge on any atom is -0.480 e. The molecule has 6 heteroatoms. The highest BCUT2D eigenvalue weighted by atomic mass is 16.4. The van der Waals surface area contributed by atoms with E-state index in [1.165, 1.54) is 6.92 Å². The predicted molar refractivity (Wildman–Crippen MR) is 76.8 cm³/mol. The molecular weight excluding hydrogens is 258 g/mol. The Morgan fingerprint density at radius 1 is 1.35 bits per heavy atom. The fraction of sp³-hybridized carbons (Fsp3) is 0.500. The highest BCUT2D eigenvalue weighted by molar-refractivity contribution is 5.94. The van der Waals surface area contributed by atoms with Crippen LogP contribution in [0.5, 0.6) is 0 Å². The van der Waals surface area contributed by atoms with Crippen molar-refractivity contribution < 1.29 is 14.7 Å². The highest BCUT2D eigenvalue weighted by Gasteiger charge is 2.33. The largest absolute Gasteiger partial charge is 0.480 e. The SMILES string of the molecule is CCCC(C)(NC(=O)Nc1ccc(C)nc1C)C(=O)O. The number of carboxylic acids is 1. The topological polar surface area (TPSA) is 91.3 Å². The van der Waals surface area contributed by atoms with Crippen molar-refractivity contribution in [3.05, 3.63) is 23.5 Å². The smallest absolute Gasteiger partial charge is 0.329 e. The molecule has 0 aliphatic carbocycles. The van der Waals surface area contributed by atoms with Crippen LogP contribution in [0.25, 0.3) is 0 Å². The van der Waals surface area contributed by atoms with Crippen LogP contribution in [0.4, 0.5) is 10.5 Å². The summed E-state index contributed by atoms with van der Waals surface area (Å²) in [4.78, 5) is 27.4. The standard InChI is InChI=1S/C14H21N3O3/c1-5-8-14(4,12(18)19)17-13(20)16-11-7-6-9(2)15-10(11)3/h6-7H,5,8H2,1-4H3,(H,18,19)(H2,16,17,20). The maximum Gasteiger partial charge on any atom is 0.329 e. The first kappa shape index (κ1) is 15.9. The molecule has 0 radical (unpaired) electrons. The molecule has 0 aliphatic heterocycles. The van der Waals surface area contributed by atoms with E-state index in [0.717, 1.165) is 5.69 Å². The van der Waals surface area contributed by atoms with Crippen molar-refractivity contribution in [2.45, 2.75) is 46.1 Å². The molecule has 0 aliphatic rings. The third-order valence-electron chi connectivity index (χ3n) is 3.08. The summed E-state index contributed by atoms with van der Waals surface area (Å²) in [6.07, 6.45) is 1.02. The molecular formula is C14H21N3O3. The first-order chi connectivity index (χ1) is 9.28. The number of aliphatic carboxylic acids is 1. The van der Waals surface area contributed by atoms with E-state index in [0.29, 0.717) is 24.2 Å². The maximum atomic E-state index is 11.9. The van der Waals surface area contributed by atoms with Gasteiger partial charge in [0.05, 0.1) is 11.4 Å². The summed E-state index contributed by atoms with van der Waals surface area (Å²) in [6.45, 7) is 7.01. The van der Waals surface area contributed by atoms with Crippen LogP contribution in [0.15, 0.2) is 12.1 Å². The monoisotopic (exact) mass is 279 g/mol. The summed E-state index contributed by atoms with van der Waals surface area (Å²) in [5.74, 6) is -1.05. The quantitative estimate of drug-likeness (QED) is 0.772. The van der Waals surface area contributed by atoms with Crippen LogP contribution in [0, 0.1) is 13.8 Å². The van der Waals surface area contributed by atoms with Gasteiger partial charge < -0.3 is 15.7 Å². The highest BCUT2D eigenvalue weighted by Crippen LogP contribution is 2.15. The van der Waals surface area contributed by atoms with Gasteiger partial charge in [-0.15, -0.1) is 0 Å². The number of pyridine rings is 1. The van der Waals surface area contributed by atoms with Gasteiger partial charge in [-0.25, -0.2) is 9.59 Å². The van der Waals surface area contributed by atoms with Crippen LogP contribution in [-0.2, 0) is 4.79 Å². The number of carbonyl (C=O) groups excluding carboxylic acids is 1. The molecule has 20 heavy (non-hydrogen) atoms. The van der Waals surface area contributed by atoms with Gasteiger partial charge in [0.2, 0.25) is 0 Å². The minimum atomic E-state index is -1.27. The molecule has 1 aromatic rings. The van der Waals surface area contributed by atoms with Crippen molar-refractivity contribution in [3.8, 4) is 0 Å². The Hall–Kier alpha value is -2.11.